The van der Waals surface area contributed by atoms with Gasteiger partial charge in [-0.25, -0.2) is 4.39 Å². The van der Waals surface area contributed by atoms with Crippen LogP contribution in [-0.4, -0.2) is 43.7 Å². The van der Waals surface area contributed by atoms with Gasteiger partial charge in [0, 0.05) is 31.6 Å². The number of hydrogen-bond acceptors (Lipinski definition) is 2. The quantitative estimate of drug-likeness (QED) is 0.710. The van der Waals surface area contributed by atoms with Crippen molar-refractivity contribution >= 4 is 5.91 Å². The van der Waals surface area contributed by atoms with Gasteiger partial charge >= 0.3 is 0 Å². The molecule has 1 saturated heterocycles. The third kappa shape index (κ3) is 3.63. The molecule has 1 aliphatic heterocycles. The van der Waals surface area contributed by atoms with Gasteiger partial charge in [0.05, 0.1) is 0 Å². The second kappa shape index (κ2) is 5.85. The van der Waals surface area contributed by atoms with Crippen LogP contribution in [-0.2, 0) is 4.79 Å². The molecule has 4 heteroatoms. The van der Waals surface area contributed by atoms with E-state index in [0.717, 1.165) is 0 Å². The Balaban J connectivity index is 2.40. The highest BCUT2D eigenvalue weighted by Crippen LogP contribution is 2.19. The first kappa shape index (κ1) is 12.2. The number of amides is 1. The van der Waals surface area contributed by atoms with Crippen LogP contribution in [0.2, 0.25) is 0 Å². The fourth-order valence-corrected chi connectivity index (χ4v) is 1.70. The van der Waals surface area contributed by atoms with E-state index in [1.807, 2.05) is 14.0 Å². The number of halogens is 1. The number of nitrogens with one attached hydrogen (secondary N) is 1. The fraction of sp³-hybridized carbons (Fsp3) is 0.727. The molecular weight excluding hydrogens is 195 g/mol. The summed E-state index contributed by atoms with van der Waals surface area (Å²) >= 11 is 0. The van der Waals surface area contributed by atoms with Crippen molar-refractivity contribution in [1.29, 1.82) is 0 Å². The molecule has 0 aromatic rings. The number of likely N-dealkylation sites (N-methyl/N-ethyl adjacent to an activating group) is 1. The van der Waals surface area contributed by atoms with Gasteiger partial charge in [-0.2, -0.15) is 0 Å². The van der Waals surface area contributed by atoms with E-state index in [9.17, 15) is 9.18 Å². The highest BCUT2D eigenvalue weighted by Gasteiger charge is 2.27. The molecule has 0 aliphatic carbocycles. The van der Waals surface area contributed by atoms with E-state index < -0.39 is 6.17 Å². The molecule has 3 nitrogen and oxygen atoms in total. The molecule has 1 aliphatic rings. The van der Waals surface area contributed by atoms with E-state index in [1.54, 1.807) is 17.1 Å². The maximum absolute atomic E-state index is 13.2. The minimum absolute atomic E-state index is 0.0102. The minimum Gasteiger partial charge on any atom is -0.339 e. The van der Waals surface area contributed by atoms with Crippen molar-refractivity contribution in [2.45, 2.75) is 19.5 Å². The van der Waals surface area contributed by atoms with Crippen molar-refractivity contribution in [2.24, 2.45) is 5.92 Å². The molecule has 1 heterocycles. The van der Waals surface area contributed by atoms with Crippen molar-refractivity contribution in [3.63, 3.8) is 0 Å². The third-order valence-electron chi connectivity index (χ3n) is 2.69. The lowest BCUT2D eigenvalue weighted by Gasteiger charge is -2.32. The standard InChI is InChI=1S/C11H19FN2O/c1-9-8-14(7-5-10(9)12)11(15)4-3-6-13-2/h3-4,9-10,13H,5-8H2,1-2H3/b4-3+. The summed E-state index contributed by atoms with van der Waals surface area (Å²) in [5, 5.41) is 2.92. The summed E-state index contributed by atoms with van der Waals surface area (Å²) in [6.45, 7) is 3.60. The van der Waals surface area contributed by atoms with E-state index in [2.05, 4.69) is 5.32 Å². The third-order valence-corrected chi connectivity index (χ3v) is 2.69. The van der Waals surface area contributed by atoms with Crippen LogP contribution in [0.15, 0.2) is 12.2 Å². The van der Waals surface area contributed by atoms with Crippen LogP contribution >= 0.6 is 0 Å². The summed E-state index contributed by atoms with van der Waals surface area (Å²) in [4.78, 5) is 13.3. The fourth-order valence-electron chi connectivity index (χ4n) is 1.70. The smallest absolute Gasteiger partial charge is 0.246 e. The van der Waals surface area contributed by atoms with Gasteiger partial charge in [-0.05, 0) is 13.5 Å². The first-order chi connectivity index (χ1) is 7.15. The van der Waals surface area contributed by atoms with E-state index >= 15 is 0 Å². The molecule has 0 saturated carbocycles. The largest absolute Gasteiger partial charge is 0.339 e. The van der Waals surface area contributed by atoms with Gasteiger partial charge < -0.3 is 10.2 Å². The predicted octanol–water partition coefficient (Wildman–Crippen LogP) is 0.968. The van der Waals surface area contributed by atoms with Gasteiger partial charge in [0.2, 0.25) is 5.91 Å². The van der Waals surface area contributed by atoms with Crippen molar-refractivity contribution < 1.29 is 9.18 Å². The van der Waals surface area contributed by atoms with Gasteiger partial charge in [0.25, 0.3) is 0 Å². The molecule has 1 rings (SSSR count). The normalized spacial score (nSPS) is 27.3. The van der Waals surface area contributed by atoms with Crippen LogP contribution in [0.3, 0.4) is 0 Å². The maximum Gasteiger partial charge on any atom is 0.246 e. The number of alkyl halides is 1. The molecule has 2 unspecified atom stereocenters. The summed E-state index contributed by atoms with van der Waals surface area (Å²) < 4.78 is 13.2. The highest BCUT2D eigenvalue weighted by molar-refractivity contribution is 5.87. The molecule has 0 bridgehead atoms. The van der Waals surface area contributed by atoms with Crippen molar-refractivity contribution in [3.05, 3.63) is 12.2 Å². The number of likely N-dealkylation sites (tertiary alicyclic amines) is 1. The van der Waals surface area contributed by atoms with E-state index in [-0.39, 0.29) is 11.8 Å². The number of hydrogen-bond donors (Lipinski definition) is 1. The lowest BCUT2D eigenvalue weighted by Crippen LogP contribution is -2.43. The second-order valence-electron chi connectivity index (χ2n) is 4.03. The number of piperidine rings is 1. The highest BCUT2D eigenvalue weighted by atomic mass is 19.1. The number of rotatable bonds is 3. The second-order valence-corrected chi connectivity index (χ2v) is 4.03. The molecule has 0 aromatic heterocycles. The molecule has 1 amide bonds. The molecule has 15 heavy (non-hydrogen) atoms. The molecule has 1 fully saturated rings. The van der Waals surface area contributed by atoms with Crippen LogP contribution in [0.4, 0.5) is 4.39 Å². The zero-order valence-corrected chi connectivity index (χ0v) is 9.37. The SMILES string of the molecule is CNC/C=C/C(=O)N1CCC(F)C(C)C1. The Morgan fingerprint density at radius 1 is 1.67 bits per heavy atom. The number of carbonyl (C=O) groups is 1. The summed E-state index contributed by atoms with van der Waals surface area (Å²) in [6, 6.07) is 0. The first-order valence-electron chi connectivity index (χ1n) is 5.39. The molecule has 0 aromatic carbocycles. The van der Waals surface area contributed by atoms with Gasteiger partial charge in [-0.15, -0.1) is 0 Å². The van der Waals surface area contributed by atoms with Gasteiger partial charge in [0.1, 0.15) is 6.17 Å². The monoisotopic (exact) mass is 214 g/mol. The van der Waals surface area contributed by atoms with Crippen LogP contribution in [0, 0.1) is 5.92 Å². The average Bonchev–Trinajstić information content (AvgIpc) is 2.22. The molecule has 2 atom stereocenters. The summed E-state index contributed by atoms with van der Waals surface area (Å²) in [7, 11) is 1.82. The van der Waals surface area contributed by atoms with Crippen LogP contribution in [0.5, 0.6) is 0 Å². The van der Waals surface area contributed by atoms with Gasteiger partial charge in [-0.3, -0.25) is 4.79 Å². The zero-order valence-electron chi connectivity index (χ0n) is 9.37. The Morgan fingerprint density at radius 2 is 2.40 bits per heavy atom. The van der Waals surface area contributed by atoms with E-state index in [1.165, 1.54) is 0 Å². The van der Waals surface area contributed by atoms with Gasteiger partial charge in [0.15, 0.2) is 0 Å². The van der Waals surface area contributed by atoms with Gasteiger partial charge in [-0.1, -0.05) is 13.0 Å². The summed E-state index contributed by atoms with van der Waals surface area (Å²) in [5.74, 6) is -0.0515. The lowest BCUT2D eigenvalue weighted by molar-refractivity contribution is -0.128. The molecule has 0 radical (unpaired) electrons. The Hall–Kier alpha value is -0.900. The van der Waals surface area contributed by atoms with Crippen molar-refractivity contribution in [1.82, 2.24) is 10.2 Å². The molecular formula is C11H19FN2O. The molecule has 86 valence electrons. The van der Waals surface area contributed by atoms with Crippen molar-refractivity contribution in [2.75, 3.05) is 26.7 Å². The van der Waals surface area contributed by atoms with Crippen molar-refractivity contribution in [3.8, 4) is 0 Å². The number of carbonyl (C=O) groups excluding carboxylic acids is 1. The Bertz CT molecular complexity index is 243. The topological polar surface area (TPSA) is 32.3 Å². The molecule has 0 spiro atoms. The maximum atomic E-state index is 13.2. The Morgan fingerprint density at radius 3 is 3.00 bits per heavy atom. The van der Waals surface area contributed by atoms with Crippen LogP contribution < -0.4 is 5.32 Å². The lowest BCUT2D eigenvalue weighted by atomic mass is 9.98. The van der Waals surface area contributed by atoms with E-state index in [0.29, 0.717) is 26.1 Å². The number of nitrogens with zero attached hydrogens (tertiary/aromatic N) is 1. The zero-order chi connectivity index (χ0) is 11.3. The average molecular weight is 214 g/mol. The predicted molar refractivity (Wildman–Crippen MR) is 58.3 cm³/mol. The Labute approximate surface area is 90.3 Å². The minimum atomic E-state index is -0.754. The molecule has 1 N–H and O–H groups in total. The van der Waals surface area contributed by atoms with Crippen LogP contribution in [0.1, 0.15) is 13.3 Å². The van der Waals surface area contributed by atoms with Crippen LogP contribution in [0.25, 0.3) is 0 Å². The Kier molecular flexibility index (Phi) is 4.75. The first-order valence-corrected chi connectivity index (χ1v) is 5.39. The summed E-state index contributed by atoms with van der Waals surface area (Å²) in [5.41, 5.74) is 0. The van der Waals surface area contributed by atoms with E-state index in [4.69, 9.17) is 0 Å². The summed E-state index contributed by atoms with van der Waals surface area (Å²) in [6.07, 6.45) is 3.05.